The number of aryl methyl sites for hydroxylation is 2. The minimum atomic E-state index is -0.597. The molecule has 0 atom stereocenters. The molecule has 1 aromatic heterocycles. The summed E-state index contributed by atoms with van der Waals surface area (Å²) in [7, 11) is 0. The summed E-state index contributed by atoms with van der Waals surface area (Å²) in [4.78, 5) is 21.5. The predicted molar refractivity (Wildman–Crippen MR) is 40.7 cm³/mol. The van der Waals surface area contributed by atoms with Gasteiger partial charge in [0.2, 0.25) is 0 Å². The van der Waals surface area contributed by atoms with Crippen molar-refractivity contribution < 1.29 is 4.42 Å². The van der Waals surface area contributed by atoms with Crippen molar-refractivity contribution in [2.75, 3.05) is 0 Å². The molecule has 11 heavy (non-hydrogen) atoms. The Labute approximate surface area is 63.3 Å². The first kappa shape index (κ1) is 7.72. The van der Waals surface area contributed by atoms with Gasteiger partial charge in [0, 0.05) is 11.6 Å². The molecule has 3 heteroatoms. The summed E-state index contributed by atoms with van der Waals surface area (Å²) < 4.78 is 4.37. The Morgan fingerprint density at radius 1 is 1.18 bits per heavy atom. The van der Waals surface area contributed by atoms with Crippen molar-refractivity contribution in [3.8, 4) is 0 Å². The largest absolute Gasteiger partial charge is 0.386 e. The van der Waals surface area contributed by atoms with E-state index in [1.165, 1.54) is 6.07 Å². The van der Waals surface area contributed by atoms with Gasteiger partial charge < -0.3 is 4.42 Å². The lowest BCUT2D eigenvalue weighted by Gasteiger charge is -1.78. The molecule has 0 spiro atoms. The number of rotatable bonds is 0. The molecule has 0 amide bonds. The zero-order valence-electron chi connectivity index (χ0n) is 6.38. The van der Waals surface area contributed by atoms with Gasteiger partial charge >= 0.3 is 11.3 Å². The highest BCUT2D eigenvalue weighted by Gasteiger charge is 1.94. The first-order valence-corrected chi connectivity index (χ1v) is 3.22. The van der Waals surface area contributed by atoms with Crippen LogP contribution in [0.25, 0.3) is 0 Å². The van der Waals surface area contributed by atoms with Crippen molar-refractivity contribution in [1.82, 2.24) is 0 Å². The van der Waals surface area contributed by atoms with Gasteiger partial charge in [-0.3, -0.25) is 0 Å². The third-order valence-electron chi connectivity index (χ3n) is 1.30. The second-order valence-corrected chi connectivity index (χ2v) is 2.42. The van der Waals surface area contributed by atoms with Gasteiger partial charge in [-0.25, -0.2) is 9.59 Å². The molecular formula is C8H8O3. The Morgan fingerprint density at radius 3 is 2.45 bits per heavy atom. The van der Waals surface area contributed by atoms with Crippen LogP contribution in [0.5, 0.6) is 0 Å². The SMILES string of the molecule is Cc1cc(C)c(=O)oc(=O)c1. The van der Waals surface area contributed by atoms with Gasteiger partial charge in [0.05, 0.1) is 0 Å². The van der Waals surface area contributed by atoms with Gasteiger partial charge in [-0.15, -0.1) is 0 Å². The smallest absolute Gasteiger partial charge is 0.341 e. The lowest BCUT2D eigenvalue weighted by Crippen LogP contribution is -2.05. The van der Waals surface area contributed by atoms with Crippen LogP contribution in [0.3, 0.4) is 0 Å². The molecule has 0 aliphatic heterocycles. The lowest BCUT2D eigenvalue weighted by molar-refractivity contribution is 0.476. The maximum Gasteiger partial charge on any atom is 0.341 e. The molecule has 1 rings (SSSR count). The maximum absolute atomic E-state index is 10.8. The summed E-state index contributed by atoms with van der Waals surface area (Å²) in [5.74, 6) is 0. The molecule has 58 valence electrons. The predicted octanol–water partition coefficient (Wildman–Crippen LogP) is 0.617. The minimum Gasteiger partial charge on any atom is -0.386 e. The number of hydrogen-bond acceptors (Lipinski definition) is 3. The van der Waals surface area contributed by atoms with Crippen LogP contribution in [0, 0.1) is 13.8 Å². The fraction of sp³-hybridized carbons (Fsp3) is 0.250. The third-order valence-corrected chi connectivity index (χ3v) is 1.30. The van der Waals surface area contributed by atoms with E-state index in [1.807, 2.05) is 0 Å². The van der Waals surface area contributed by atoms with E-state index < -0.39 is 11.3 Å². The quantitative estimate of drug-likeness (QED) is 0.547. The summed E-state index contributed by atoms with van der Waals surface area (Å²) in [5.41, 5.74) is 0.0200. The van der Waals surface area contributed by atoms with Gasteiger partial charge in [0.15, 0.2) is 0 Å². The molecular weight excluding hydrogens is 144 g/mol. The van der Waals surface area contributed by atoms with Crippen LogP contribution in [-0.4, -0.2) is 0 Å². The van der Waals surface area contributed by atoms with Gasteiger partial charge in [-0.1, -0.05) is 0 Å². The van der Waals surface area contributed by atoms with Crippen molar-refractivity contribution >= 4 is 0 Å². The zero-order valence-corrected chi connectivity index (χ0v) is 6.38. The normalized spacial score (nSPS) is 9.64. The van der Waals surface area contributed by atoms with E-state index in [1.54, 1.807) is 19.9 Å². The van der Waals surface area contributed by atoms with Gasteiger partial charge in [-0.05, 0) is 25.5 Å². The van der Waals surface area contributed by atoms with Crippen molar-refractivity contribution in [2.45, 2.75) is 13.8 Å². The van der Waals surface area contributed by atoms with E-state index in [9.17, 15) is 9.59 Å². The van der Waals surface area contributed by atoms with Crippen LogP contribution in [-0.2, 0) is 0 Å². The van der Waals surface area contributed by atoms with Gasteiger partial charge in [-0.2, -0.15) is 0 Å². The van der Waals surface area contributed by atoms with E-state index in [0.29, 0.717) is 5.56 Å². The molecule has 0 unspecified atom stereocenters. The summed E-state index contributed by atoms with van der Waals surface area (Å²) in [6, 6.07) is 2.90. The van der Waals surface area contributed by atoms with Crippen LogP contribution in [0.1, 0.15) is 11.1 Å². The van der Waals surface area contributed by atoms with E-state index >= 15 is 0 Å². The average molecular weight is 152 g/mol. The lowest BCUT2D eigenvalue weighted by atomic mass is 10.2. The van der Waals surface area contributed by atoms with Crippen LogP contribution in [0.15, 0.2) is 26.1 Å². The second-order valence-electron chi connectivity index (χ2n) is 2.42. The van der Waals surface area contributed by atoms with Crippen molar-refractivity contribution in [3.05, 3.63) is 44.1 Å². The van der Waals surface area contributed by atoms with Crippen molar-refractivity contribution in [1.29, 1.82) is 0 Å². The Kier molecular flexibility index (Phi) is 1.89. The molecule has 0 saturated carbocycles. The fourth-order valence-electron chi connectivity index (χ4n) is 0.829. The molecule has 0 aliphatic rings. The molecule has 0 aromatic carbocycles. The van der Waals surface area contributed by atoms with Gasteiger partial charge in [0.25, 0.3) is 0 Å². The molecule has 1 heterocycles. The molecule has 0 radical (unpaired) electrons. The zero-order chi connectivity index (χ0) is 8.43. The second kappa shape index (κ2) is 2.70. The Balaban J connectivity index is 3.67. The summed E-state index contributed by atoms with van der Waals surface area (Å²) >= 11 is 0. The van der Waals surface area contributed by atoms with Crippen molar-refractivity contribution in [3.63, 3.8) is 0 Å². The average Bonchev–Trinajstić information content (AvgIpc) is 1.93. The minimum absolute atomic E-state index is 0.449. The van der Waals surface area contributed by atoms with E-state index in [2.05, 4.69) is 4.42 Å². The van der Waals surface area contributed by atoms with E-state index in [-0.39, 0.29) is 0 Å². The highest BCUT2D eigenvalue weighted by Crippen LogP contribution is 1.91. The van der Waals surface area contributed by atoms with Crippen LogP contribution < -0.4 is 11.3 Å². The van der Waals surface area contributed by atoms with Crippen molar-refractivity contribution in [2.24, 2.45) is 0 Å². The summed E-state index contributed by atoms with van der Waals surface area (Å²) in [6.45, 7) is 3.35. The summed E-state index contributed by atoms with van der Waals surface area (Å²) in [6.07, 6.45) is 0. The Bertz CT molecular complexity index is 376. The van der Waals surface area contributed by atoms with E-state index in [4.69, 9.17) is 0 Å². The molecule has 0 bridgehead atoms. The topological polar surface area (TPSA) is 47.3 Å². The van der Waals surface area contributed by atoms with Crippen LogP contribution in [0.4, 0.5) is 0 Å². The van der Waals surface area contributed by atoms with Crippen LogP contribution >= 0.6 is 0 Å². The molecule has 0 fully saturated rings. The Hall–Kier alpha value is -1.38. The molecule has 0 saturated heterocycles. The highest BCUT2D eigenvalue weighted by molar-refractivity contribution is 5.13. The maximum atomic E-state index is 10.8. The summed E-state index contributed by atoms with van der Waals surface area (Å²) in [5, 5.41) is 0. The monoisotopic (exact) mass is 152 g/mol. The molecule has 0 N–H and O–H groups in total. The molecule has 3 nitrogen and oxygen atoms in total. The number of hydrogen-bond donors (Lipinski definition) is 0. The Morgan fingerprint density at radius 2 is 1.82 bits per heavy atom. The van der Waals surface area contributed by atoms with Gasteiger partial charge in [0.1, 0.15) is 0 Å². The standard InChI is InChI=1S/C8H8O3/c1-5-3-6(2)8(10)11-7(9)4-5/h3-4H,1-2H3. The fourth-order valence-corrected chi connectivity index (χ4v) is 0.829. The highest BCUT2D eigenvalue weighted by atomic mass is 16.4. The third kappa shape index (κ3) is 1.77. The molecule has 0 aliphatic carbocycles. The first-order valence-electron chi connectivity index (χ1n) is 3.22. The van der Waals surface area contributed by atoms with Crippen LogP contribution in [0.2, 0.25) is 0 Å². The van der Waals surface area contributed by atoms with E-state index in [0.717, 1.165) is 5.56 Å². The first-order chi connectivity index (χ1) is 5.09. The molecule has 1 aromatic rings.